The number of nitrogens with zero attached hydrogens (tertiary/aromatic N) is 1. The van der Waals surface area contributed by atoms with Gasteiger partial charge in [-0.1, -0.05) is 30.3 Å². The number of hydrogen-bond acceptors (Lipinski definition) is 2. The SMILES string of the molecule is FC(F)(F)c1cccc(-c2cc(-c3ccco3)c3ccccc3n2)c1. The van der Waals surface area contributed by atoms with Gasteiger partial charge in [-0.15, -0.1) is 0 Å². The Bertz CT molecular complexity index is 1040. The number of para-hydroxylation sites is 1. The third-order valence-electron chi connectivity index (χ3n) is 3.99. The molecular formula is C20H12F3NO. The summed E-state index contributed by atoms with van der Waals surface area (Å²) in [6, 6.07) is 18.0. The molecule has 0 amide bonds. The van der Waals surface area contributed by atoms with Crippen LogP contribution in [0.3, 0.4) is 0 Å². The van der Waals surface area contributed by atoms with Crippen molar-refractivity contribution in [2.75, 3.05) is 0 Å². The molecule has 25 heavy (non-hydrogen) atoms. The van der Waals surface area contributed by atoms with Gasteiger partial charge in [0.15, 0.2) is 0 Å². The molecule has 0 bridgehead atoms. The molecule has 0 aliphatic carbocycles. The zero-order valence-corrected chi connectivity index (χ0v) is 12.9. The van der Waals surface area contributed by atoms with Gasteiger partial charge in [-0.25, -0.2) is 4.98 Å². The van der Waals surface area contributed by atoms with Gasteiger partial charge in [0.1, 0.15) is 5.76 Å². The molecule has 2 aromatic heterocycles. The predicted octanol–water partition coefficient (Wildman–Crippen LogP) is 6.18. The van der Waals surface area contributed by atoms with Crippen LogP contribution < -0.4 is 0 Å². The van der Waals surface area contributed by atoms with E-state index in [0.717, 1.165) is 23.1 Å². The average Bonchev–Trinajstić information content (AvgIpc) is 3.14. The number of hydrogen-bond donors (Lipinski definition) is 0. The summed E-state index contributed by atoms with van der Waals surface area (Å²) in [5, 5.41) is 0.883. The number of benzene rings is 2. The molecular weight excluding hydrogens is 327 g/mol. The van der Waals surface area contributed by atoms with E-state index >= 15 is 0 Å². The minimum atomic E-state index is -4.39. The average molecular weight is 339 g/mol. The fraction of sp³-hybridized carbons (Fsp3) is 0.0500. The smallest absolute Gasteiger partial charge is 0.416 e. The summed E-state index contributed by atoms with van der Waals surface area (Å²) < 4.78 is 44.5. The van der Waals surface area contributed by atoms with E-state index in [1.54, 1.807) is 24.5 Å². The summed E-state index contributed by atoms with van der Waals surface area (Å²) >= 11 is 0. The molecule has 0 saturated carbocycles. The van der Waals surface area contributed by atoms with E-state index in [-0.39, 0.29) is 0 Å². The predicted molar refractivity (Wildman–Crippen MR) is 89.9 cm³/mol. The highest BCUT2D eigenvalue weighted by Crippen LogP contribution is 2.35. The second kappa shape index (κ2) is 5.77. The van der Waals surface area contributed by atoms with Crippen LogP contribution >= 0.6 is 0 Å². The van der Waals surface area contributed by atoms with E-state index in [4.69, 9.17) is 4.42 Å². The molecule has 5 heteroatoms. The van der Waals surface area contributed by atoms with Gasteiger partial charge in [-0.05, 0) is 36.4 Å². The highest BCUT2D eigenvalue weighted by atomic mass is 19.4. The van der Waals surface area contributed by atoms with Crippen LogP contribution in [0.15, 0.2) is 77.4 Å². The molecule has 0 saturated heterocycles. The maximum Gasteiger partial charge on any atom is 0.416 e. The lowest BCUT2D eigenvalue weighted by Crippen LogP contribution is -2.04. The monoisotopic (exact) mass is 339 g/mol. The van der Waals surface area contributed by atoms with Gasteiger partial charge in [0.2, 0.25) is 0 Å². The number of rotatable bonds is 2. The normalized spacial score (nSPS) is 11.8. The van der Waals surface area contributed by atoms with Crippen molar-refractivity contribution in [1.29, 1.82) is 0 Å². The molecule has 124 valence electrons. The third kappa shape index (κ3) is 2.89. The van der Waals surface area contributed by atoms with E-state index in [1.165, 1.54) is 6.07 Å². The van der Waals surface area contributed by atoms with Crippen molar-refractivity contribution in [3.05, 3.63) is 78.6 Å². The molecule has 2 heterocycles. The van der Waals surface area contributed by atoms with Crippen molar-refractivity contribution < 1.29 is 17.6 Å². The minimum absolute atomic E-state index is 0.411. The van der Waals surface area contributed by atoms with E-state index in [9.17, 15) is 13.2 Å². The Hall–Kier alpha value is -3.08. The standard InChI is InChI=1S/C20H12F3NO/c21-20(22,23)14-6-3-5-13(11-14)18-12-16(19-9-4-10-25-19)15-7-1-2-8-17(15)24-18/h1-12H. The van der Waals surface area contributed by atoms with Crippen LogP contribution in [-0.4, -0.2) is 4.98 Å². The van der Waals surface area contributed by atoms with Gasteiger partial charge in [-0.3, -0.25) is 0 Å². The van der Waals surface area contributed by atoms with Crippen molar-refractivity contribution in [1.82, 2.24) is 4.98 Å². The lowest BCUT2D eigenvalue weighted by atomic mass is 10.0. The molecule has 4 rings (SSSR count). The van der Waals surface area contributed by atoms with Crippen LogP contribution in [0.2, 0.25) is 0 Å². The summed E-state index contributed by atoms with van der Waals surface area (Å²) in [6.45, 7) is 0. The number of halogens is 3. The number of furan rings is 1. The number of alkyl halides is 3. The maximum absolute atomic E-state index is 13.0. The van der Waals surface area contributed by atoms with Crippen LogP contribution in [-0.2, 0) is 6.18 Å². The molecule has 0 aliphatic rings. The molecule has 0 N–H and O–H groups in total. The Morgan fingerprint density at radius 1 is 0.840 bits per heavy atom. The molecule has 2 aromatic carbocycles. The van der Waals surface area contributed by atoms with Gasteiger partial charge >= 0.3 is 6.18 Å². The lowest BCUT2D eigenvalue weighted by molar-refractivity contribution is -0.137. The Labute approximate surface area is 141 Å². The summed E-state index contributed by atoms with van der Waals surface area (Å²) in [6.07, 6.45) is -2.83. The highest BCUT2D eigenvalue weighted by Gasteiger charge is 2.30. The van der Waals surface area contributed by atoms with E-state index in [1.807, 2.05) is 30.3 Å². The van der Waals surface area contributed by atoms with Gasteiger partial charge < -0.3 is 4.42 Å². The topological polar surface area (TPSA) is 26.0 Å². The van der Waals surface area contributed by atoms with E-state index in [0.29, 0.717) is 22.5 Å². The fourth-order valence-electron chi connectivity index (χ4n) is 2.81. The van der Waals surface area contributed by atoms with Gasteiger partial charge in [-0.2, -0.15) is 13.2 Å². The van der Waals surface area contributed by atoms with Crippen molar-refractivity contribution in [2.45, 2.75) is 6.18 Å². The molecule has 0 atom stereocenters. The first kappa shape index (κ1) is 15.4. The molecule has 0 fully saturated rings. The van der Waals surface area contributed by atoms with Crippen molar-refractivity contribution in [3.63, 3.8) is 0 Å². The van der Waals surface area contributed by atoms with E-state index in [2.05, 4.69) is 4.98 Å². The summed E-state index contributed by atoms with van der Waals surface area (Å²) in [5.41, 5.74) is 1.68. The summed E-state index contributed by atoms with van der Waals surface area (Å²) in [4.78, 5) is 4.53. The lowest BCUT2D eigenvalue weighted by Gasteiger charge is -2.11. The maximum atomic E-state index is 13.0. The zero-order chi connectivity index (χ0) is 17.4. The van der Waals surface area contributed by atoms with Crippen LogP contribution in [0.25, 0.3) is 33.5 Å². The summed E-state index contributed by atoms with van der Waals surface area (Å²) in [5.74, 6) is 0.645. The second-order valence-corrected chi connectivity index (χ2v) is 5.63. The first-order valence-electron chi connectivity index (χ1n) is 7.64. The van der Waals surface area contributed by atoms with Crippen LogP contribution in [0.4, 0.5) is 13.2 Å². The van der Waals surface area contributed by atoms with Crippen molar-refractivity contribution in [2.24, 2.45) is 0 Å². The molecule has 0 unspecified atom stereocenters. The first-order valence-corrected chi connectivity index (χ1v) is 7.64. The fourth-order valence-corrected chi connectivity index (χ4v) is 2.81. The first-order chi connectivity index (χ1) is 12.0. The van der Waals surface area contributed by atoms with Gasteiger partial charge in [0.25, 0.3) is 0 Å². The van der Waals surface area contributed by atoms with Gasteiger partial charge in [0.05, 0.1) is 23.0 Å². The van der Waals surface area contributed by atoms with Gasteiger partial charge in [0, 0.05) is 16.5 Å². The summed E-state index contributed by atoms with van der Waals surface area (Å²) in [7, 11) is 0. The van der Waals surface area contributed by atoms with Crippen molar-refractivity contribution >= 4 is 10.9 Å². The van der Waals surface area contributed by atoms with E-state index < -0.39 is 11.7 Å². The zero-order valence-electron chi connectivity index (χ0n) is 12.9. The largest absolute Gasteiger partial charge is 0.464 e. The number of fused-ring (bicyclic) bond motifs is 1. The molecule has 2 nitrogen and oxygen atoms in total. The molecule has 4 aromatic rings. The van der Waals surface area contributed by atoms with Crippen molar-refractivity contribution in [3.8, 4) is 22.6 Å². The Kier molecular flexibility index (Phi) is 3.57. The molecule has 0 spiro atoms. The van der Waals surface area contributed by atoms with Crippen LogP contribution in [0.1, 0.15) is 5.56 Å². The Morgan fingerprint density at radius 2 is 1.68 bits per heavy atom. The van der Waals surface area contributed by atoms with Crippen LogP contribution in [0, 0.1) is 0 Å². The minimum Gasteiger partial charge on any atom is -0.464 e. The second-order valence-electron chi connectivity index (χ2n) is 5.63. The van der Waals surface area contributed by atoms with Crippen LogP contribution in [0.5, 0.6) is 0 Å². The quantitative estimate of drug-likeness (QED) is 0.436. The highest BCUT2D eigenvalue weighted by molar-refractivity contribution is 5.95. The molecule has 0 radical (unpaired) electrons. The number of aromatic nitrogens is 1. The Morgan fingerprint density at radius 3 is 2.44 bits per heavy atom. The molecule has 0 aliphatic heterocycles. The Balaban J connectivity index is 1.95. The number of pyridine rings is 1. The third-order valence-corrected chi connectivity index (χ3v) is 3.99.